The average molecular weight is 382 g/mol. The molecule has 27 heavy (non-hydrogen) atoms. The molecular formula is C23H31N3S. The van der Waals surface area contributed by atoms with Crippen molar-refractivity contribution in [3.8, 4) is 0 Å². The van der Waals surface area contributed by atoms with Gasteiger partial charge >= 0.3 is 0 Å². The molecule has 0 spiro atoms. The number of aliphatic imine (C=N–C) groups is 1. The van der Waals surface area contributed by atoms with Crippen molar-refractivity contribution in [2.75, 3.05) is 5.32 Å². The maximum absolute atomic E-state index is 4.43. The topological polar surface area (TPSA) is 36.4 Å². The van der Waals surface area contributed by atoms with Crippen molar-refractivity contribution in [1.82, 2.24) is 5.32 Å². The summed E-state index contributed by atoms with van der Waals surface area (Å²) in [6.07, 6.45) is 4.00. The predicted octanol–water partition coefficient (Wildman–Crippen LogP) is 6.83. The number of hydrogen-bond acceptors (Lipinski definition) is 3. The van der Waals surface area contributed by atoms with E-state index in [1.807, 2.05) is 39.8 Å². The third-order valence-electron chi connectivity index (χ3n) is 3.55. The fourth-order valence-corrected chi connectivity index (χ4v) is 3.11. The van der Waals surface area contributed by atoms with Crippen molar-refractivity contribution in [2.45, 2.75) is 41.5 Å². The van der Waals surface area contributed by atoms with Crippen LogP contribution in [0.3, 0.4) is 0 Å². The third kappa shape index (κ3) is 7.75. The molecule has 0 heterocycles. The van der Waals surface area contributed by atoms with Gasteiger partial charge in [-0.05, 0) is 58.7 Å². The van der Waals surface area contributed by atoms with Gasteiger partial charge in [0.2, 0.25) is 0 Å². The SMILES string of the molecule is C=C(C)/N=C(\C=C(C)C)NC(=C)S/C(=C\C)C(=C)Nc1c(C)cccc1C. The molecule has 0 fully saturated rings. The first-order chi connectivity index (χ1) is 12.6. The number of allylic oxidation sites excluding steroid dienone is 3. The number of aryl methyl sites for hydroxylation is 2. The van der Waals surface area contributed by atoms with Crippen LogP contribution in [0, 0.1) is 13.8 Å². The highest BCUT2D eigenvalue weighted by Gasteiger charge is 2.10. The summed E-state index contributed by atoms with van der Waals surface area (Å²) < 4.78 is 0. The first-order valence-corrected chi connectivity index (χ1v) is 9.67. The minimum atomic E-state index is 0.726. The van der Waals surface area contributed by atoms with Crippen LogP contribution in [-0.4, -0.2) is 5.84 Å². The zero-order valence-corrected chi connectivity index (χ0v) is 18.2. The molecule has 1 rings (SSSR count). The number of nitrogens with zero attached hydrogens (tertiary/aromatic N) is 1. The van der Waals surface area contributed by atoms with Gasteiger partial charge < -0.3 is 10.6 Å². The van der Waals surface area contributed by atoms with Crippen LogP contribution in [0.15, 0.2) is 82.0 Å². The summed E-state index contributed by atoms with van der Waals surface area (Å²) in [6, 6.07) is 6.23. The Morgan fingerprint density at radius 2 is 1.67 bits per heavy atom. The second kappa shape index (κ2) is 10.6. The second-order valence-corrected chi connectivity index (χ2v) is 7.76. The minimum Gasteiger partial charge on any atom is -0.355 e. The van der Waals surface area contributed by atoms with Gasteiger partial charge in [-0.3, -0.25) is 0 Å². The maximum Gasteiger partial charge on any atom is 0.130 e. The van der Waals surface area contributed by atoms with Crippen molar-refractivity contribution in [2.24, 2.45) is 4.99 Å². The van der Waals surface area contributed by atoms with Crippen molar-refractivity contribution >= 4 is 23.3 Å². The van der Waals surface area contributed by atoms with Crippen molar-refractivity contribution in [3.05, 3.63) is 88.1 Å². The standard InChI is InChI=1S/C23H31N3S/c1-10-21(19(8)25-23-17(6)12-11-13-18(23)7)27-20(9)26-22(14-15(2)3)24-16(4)5/h10-14,25H,4,8-9H2,1-3,5-7H3,(H,24,26)/b21-10-. The lowest BCUT2D eigenvalue weighted by molar-refractivity contribution is 1.20. The average Bonchev–Trinajstić information content (AvgIpc) is 2.54. The highest BCUT2D eigenvalue weighted by molar-refractivity contribution is 8.06. The van der Waals surface area contributed by atoms with Crippen LogP contribution in [0.4, 0.5) is 5.69 Å². The molecule has 0 aliphatic heterocycles. The van der Waals surface area contributed by atoms with E-state index in [0.29, 0.717) is 0 Å². The van der Waals surface area contributed by atoms with E-state index in [4.69, 9.17) is 0 Å². The number of amidine groups is 1. The van der Waals surface area contributed by atoms with Gasteiger partial charge in [0.25, 0.3) is 0 Å². The second-order valence-electron chi connectivity index (χ2n) is 6.63. The molecule has 0 bridgehead atoms. The van der Waals surface area contributed by atoms with Crippen LogP contribution in [0.2, 0.25) is 0 Å². The molecule has 0 atom stereocenters. The van der Waals surface area contributed by atoms with E-state index >= 15 is 0 Å². The molecule has 0 amide bonds. The van der Waals surface area contributed by atoms with E-state index in [-0.39, 0.29) is 0 Å². The van der Waals surface area contributed by atoms with Gasteiger partial charge in [0.15, 0.2) is 0 Å². The van der Waals surface area contributed by atoms with E-state index < -0.39 is 0 Å². The maximum atomic E-state index is 4.43. The molecule has 0 saturated carbocycles. The molecule has 0 radical (unpaired) electrons. The molecule has 2 N–H and O–H groups in total. The fourth-order valence-electron chi connectivity index (χ4n) is 2.40. The molecule has 0 aromatic heterocycles. The summed E-state index contributed by atoms with van der Waals surface area (Å²) in [6.45, 7) is 24.3. The number of rotatable bonds is 8. The quantitative estimate of drug-likeness (QED) is 0.294. The number of para-hydroxylation sites is 1. The zero-order valence-electron chi connectivity index (χ0n) is 17.4. The van der Waals surface area contributed by atoms with E-state index in [0.717, 1.165) is 38.4 Å². The molecule has 0 aliphatic carbocycles. The van der Waals surface area contributed by atoms with Gasteiger partial charge in [0.05, 0.1) is 5.03 Å². The van der Waals surface area contributed by atoms with Gasteiger partial charge in [-0.2, -0.15) is 0 Å². The number of benzene rings is 1. The summed E-state index contributed by atoms with van der Waals surface area (Å²) in [5, 5.41) is 7.47. The van der Waals surface area contributed by atoms with E-state index in [9.17, 15) is 0 Å². The van der Waals surface area contributed by atoms with Gasteiger partial charge in [-0.15, -0.1) is 0 Å². The van der Waals surface area contributed by atoms with Crippen LogP contribution in [0.1, 0.15) is 38.8 Å². The Kier molecular flexibility index (Phi) is 8.89. The lowest BCUT2D eigenvalue weighted by atomic mass is 10.1. The van der Waals surface area contributed by atoms with Crippen molar-refractivity contribution in [3.63, 3.8) is 0 Å². The summed E-state index contributed by atoms with van der Waals surface area (Å²) in [7, 11) is 0. The zero-order chi connectivity index (χ0) is 20.6. The number of nitrogens with one attached hydrogen (secondary N) is 2. The fraction of sp³-hybridized carbons (Fsp3) is 0.261. The van der Waals surface area contributed by atoms with Crippen LogP contribution in [0.25, 0.3) is 0 Å². The first kappa shape index (κ1) is 22.6. The van der Waals surface area contributed by atoms with Crippen LogP contribution >= 0.6 is 11.8 Å². The molecule has 1 aromatic carbocycles. The largest absolute Gasteiger partial charge is 0.355 e. The van der Waals surface area contributed by atoms with Gasteiger partial charge in [-0.1, -0.05) is 61.3 Å². The third-order valence-corrected chi connectivity index (χ3v) is 4.60. The Bertz CT molecular complexity index is 802. The van der Waals surface area contributed by atoms with Gasteiger partial charge in [-0.25, -0.2) is 4.99 Å². The van der Waals surface area contributed by atoms with Crippen LogP contribution in [-0.2, 0) is 0 Å². The Morgan fingerprint density at radius 3 is 2.15 bits per heavy atom. The lowest BCUT2D eigenvalue weighted by Crippen LogP contribution is -2.19. The molecular weight excluding hydrogens is 350 g/mol. The Morgan fingerprint density at radius 1 is 1.07 bits per heavy atom. The molecule has 0 aliphatic rings. The normalized spacial score (nSPS) is 11.6. The summed E-state index contributed by atoms with van der Waals surface area (Å²) in [4.78, 5) is 5.43. The smallest absolute Gasteiger partial charge is 0.130 e. The first-order valence-electron chi connectivity index (χ1n) is 8.85. The molecule has 3 nitrogen and oxygen atoms in total. The van der Waals surface area contributed by atoms with Gasteiger partial charge in [0.1, 0.15) is 5.84 Å². The van der Waals surface area contributed by atoms with Gasteiger partial charge in [0, 0.05) is 22.0 Å². The molecule has 144 valence electrons. The van der Waals surface area contributed by atoms with Crippen LogP contribution < -0.4 is 10.6 Å². The van der Waals surface area contributed by atoms with E-state index in [1.165, 1.54) is 22.9 Å². The highest BCUT2D eigenvalue weighted by Crippen LogP contribution is 2.30. The highest BCUT2D eigenvalue weighted by atomic mass is 32.2. The van der Waals surface area contributed by atoms with Crippen molar-refractivity contribution in [1.29, 1.82) is 0 Å². The Balaban J connectivity index is 2.88. The van der Waals surface area contributed by atoms with E-state index in [2.05, 4.69) is 67.4 Å². The minimum absolute atomic E-state index is 0.726. The summed E-state index contributed by atoms with van der Waals surface area (Å²) >= 11 is 1.52. The monoisotopic (exact) mass is 381 g/mol. The number of thioether (sulfide) groups is 1. The Hall–Kier alpha value is -2.46. The number of hydrogen-bond donors (Lipinski definition) is 2. The molecule has 4 heteroatoms. The summed E-state index contributed by atoms with van der Waals surface area (Å²) in [5.41, 5.74) is 6.19. The number of anilines is 1. The predicted molar refractivity (Wildman–Crippen MR) is 124 cm³/mol. The van der Waals surface area contributed by atoms with Crippen molar-refractivity contribution < 1.29 is 0 Å². The molecule has 1 aromatic rings. The molecule has 0 unspecified atom stereocenters. The molecule has 0 saturated heterocycles. The Labute approximate surface area is 168 Å². The van der Waals surface area contributed by atoms with Crippen LogP contribution in [0.5, 0.6) is 0 Å². The lowest BCUT2D eigenvalue weighted by Gasteiger charge is -2.18. The summed E-state index contributed by atoms with van der Waals surface area (Å²) in [5.74, 6) is 0.726. The van der Waals surface area contributed by atoms with E-state index in [1.54, 1.807) is 0 Å².